The molecule has 3 rings (SSSR count). The van der Waals surface area contributed by atoms with Crippen LogP contribution >= 0.6 is 0 Å². The van der Waals surface area contributed by atoms with Crippen LogP contribution in [-0.2, 0) is 16.0 Å². The molecule has 1 unspecified atom stereocenters. The van der Waals surface area contributed by atoms with Crippen molar-refractivity contribution < 1.29 is 18.7 Å². The van der Waals surface area contributed by atoms with Gasteiger partial charge in [-0.25, -0.2) is 4.39 Å². The van der Waals surface area contributed by atoms with Gasteiger partial charge in [0, 0.05) is 19.1 Å². The quantitative estimate of drug-likeness (QED) is 0.726. The van der Waals surface area contributed by atoms with Crippen molar-refractivity contribution in [2.45, 2.75) is 58.1 Å². The van der Waals surface area contributed by atoms with Crippen molar-refractivity contribution in [1.82, 2.24) is 10.2 Å². The van der Waals surface area contributed by atoms with E-state index in [-0.39, 0.29) is 30.1 Å². The van der Waals surface area contributed by atoms with Gasteiger partial charge in [-0.15, -0.1) is 0 Å². The summed E-state index contributed by atoms with van der Waals surface area (Å²) in [5, 5.41) is 3.06. The van der Waals surface area contributed by atoms with Gasteiger partial charge in [0.25, 0.3) is 5.91 Å². The second-order valence-electron chi connectivity index (χ2n) is 8.42. The van der Waals surface area contributed by atoms with Gasteiger partial charge in [0.2, 0.25) is 5.91 Å². The maximum atomic E-state index is 13.0. The predicted octanol–water partition coefficient (Wildman–Crippen LogP) is 4.07. The molecule has 0 bridgehead atoms. The highest BCUT2D eigenvalue weighted by molar-refractivity contribution is 5.81. The van der Waals surface area contributed by atoms with Crippen molar-refractivity contribution in [3.8, 4) is 5.75 Å². The fourth-order valence-corrected chi connectivity index (χ4v) is 3.79. The van der Waals surface area contributed by atoms with Crippen LogP contribution in [0.2, 0.25) is 0 Å². The van der Waals surface area contributed by atoms with Gasteiger partial charge in [0.05, 0.1) is 6.42 Å². The number of carbonyl (C=O) groups is 2. The molecule has 166 valence electrons. The van der Waals surface area contributed by atoms with Crippen LogP contribution < -0.4 is 10.1 Å². The van der Waals surface area contributed by atoms with Gasteiger partial charge in [-0.2, -0.15) is 0 Å². The number of nitrogens with one attached hydrogen (secondary N) is 1. The zero-order valence-corrected chi connectivity index (χ0v) is 18.4. The fraction of sp³-hybridized carbons (Fsp3) is 0.440. The number of hydrogen-bond acceptors (Lipinski definition) is 3. The van der Waals surface area contributed by atoms with Crippen molar-refractivity contribution in [2.75, 3.05) is 13.1 Å². The van der Waals surface area contributed by atoms with Crippen LogP contribution in [0, 0.1) is 5.82 Å². The normalized spacial score (nSPS) is 15.6. The van der Waals surface area contributed by atoms with E-state index in [1.807, 2.05) is 29.2 Å². The lowest BCUT2D eigenvalue weighted by atomic mass is 10.0. The Kier molecular flexibility index (Phi) is 7.66. The van der Waals surface area contributed by atoms with E-state index in [4.69, 9.17) is 4.74 Å². The molecule has 1 fully saturated rings. The SMILES string of the molecule is CC(Oc1ccccc1C(C)C)C(=O)NC1CCN(C(=O)Cc2ccc(F)cc2)CC1. The van der Waals surface area contributed by atoms with Gasteiger partial charge < -0.3 is 15.0 Å². The molecule has 1 aliphatic rings. The summed E-state index contributed by atoms with van der Waals surface area (Å²) in [6.07, 6.45) is 1.07. The lowest BCUT2D eigenvalue weighted by molar-refractivity contribution is -0.132. The number of ether oxygens (including phenoxy) is 1. The van der Waals surface area contributed by atoms with Gasteiger partial charge in [0.15, 0.2) is 6.10 Å². The topological polar surface area (TPSA) is 58.6 Å². The highest BCUT2D eigenvalue weighted by Gasteiger charge is 2.26. The predicted molar refractivity (Wildman–Crippen MR) is 118 cm³/mol. The Morgan fingerprint density at radius 1 is 1.06 bits per heavy atom. The Morgan fingerprint density at radius 2 is 1.71 bits per heavy atom. The summed E-state index contributed by atoms with van der Waals surface area (Å²) in [5.41, 5.74) is 1.88. The Morgan fingerprint density at radius 3 is 2.35 bits per heavy atom. The molecule has 0 aromatic heterocycles. The molecule has 1 saturated heterocycles. The van der Waals surface area contributed by atoms with E-state index in [1.165, 1.54) is 12.1 Å². The first-order chi connectivity index (χ1) is 14.8. The summed E-state index contributed by atoms with van der Waals surface area (Å²) in [5.74, 6) is 0.622. The number of benzene rings is 2. The number of likely N-dealkylation sites (tertiary alicyclic amines) is 1. The van der Waals surface area contributed by atoms with E-state index < -0.39 is 6.10 Å². The van der Waals surface area contributed by atoms with E-state index in [9.17, 15) is 14.0 Å². The Hall–Kier alpha value is -2.89. The zero-order chi connectivity index (χ0) is 22.4. The molecule has 0 spiro atoms. The molecule has 2 aromatic rings. The van der Waals surface area contributed by atoms with Crippen molar-refractivity contribution in [1.29, 1.82) is 0 Å². The van der Waals surface area contributed by atoms with E-state index in [0.29, 0.717) is 31.8 Å². The summed E-state index contributed by atoms with van der Waals surface area (Å²) in [6.45, 7) is 7.14. The molecule has 1 aliphatic heterocycles. The van der Waals surface area contributed by atoms with Crippen LogP contribution in [0.3, 0.4) is 0 Å². The number of halogens is 1. The first kappa shape index (κ1) is 22.8. The monoisotopic (exact) mass is 426 g/mol. The number of rotatable bonds is 7. The number of hydrogen-bond donors (Lipinski definition) is 1. The minimum atomic E-state index is -0.599. The van der Waals surface area contributed by atoms with E-state index in [1.54, 1.807) is 19.1 Å². The number of nitrogens with zero attached hydrogens (tertiary/aromatic N) is 1. The average molecular weight is 427 g/mol. The molecule has 0 saturated carbocycles. The smallest absolute Gasteiger partial charge is 0.260 e. The molecule has 6 heteroatoms. The highest BCUT2D eigenvalue weighted by atomic mass is 19.1. The molecule has 1 N–H and O–H groups in total. The van der Waals surface area contributed by atoms with Crippen LogP contribution in [0.4, 0.5) is 4.39 Å². The van der Waals surface area contributed by atoms with Crippen LogP contribution in [0.5, 0.6) is 5.75 Å². The lowest BCUT2D eigenvalue weighted by Gasteiger charge is -2.33. The molecule has 2 aromatic carbocycles. The van der Waals surface area contributed by atoms with E-state index in [0.717, 1.165) is 16.9 Å². The third-order valence-electron chi connectivity index (χ3n) is 5.68. The van der Waals surface area contributed by atoms with Crippen molar-refractivity contribution in [3.63, 3.8) is 0 Å². The maximum absolute atomic E-state index is 13.0. The van der Waals surface area contributed by atoms with Gasteiger partial charge in [-0.3, -0.25) is 9.59 Å². The molecule has 1 heterocycles. The number of amides is 2. The number of para-hydroxylation sites is 1. The summed E-state index contributed by atoms with van der Waals surface area (Å²) in [7, 11) is 0. The van der Waals surface area contributed by atoms with Crippen molar-refractivity contribution in [2.24, 2.45) is 0 Å². The van der Waals surface area contributed by atoms with Crippen LogP contribution in [-0.4, -0.2) is 41.9 Å². The molecule has 5 nitrogen and oxygen atoms in total. The fourth-order valence-electron chi connectivity index (χ4n) is 3.79. The van der Waals surface area contributed by atoms with Gasteiger partial charge >= 0.3 is 0 Å². The summed E-state index contributed by atoms with van der Waals surface area (Å²) in [6, 6.07) is 13.8. The van der Waals surface area contributed by atoms with Gasteiger partial charge in [-0.1, -0.05) is 44.2 Å². The van der Waals surface area contributed by atoms with Gasteiger partial charge in [0.1, 0.15) is 11.6 Å². The Bertz CT molecular complexity index is 890. The molecule has 0 aliphatic carbocycles. The summed E-state index contributed by atoms with van der Waals surface area (Å²) < 4.78 is 19.0. The Labute approximate surface area is 183 Å². The largest absolute Gasteiger partial charge is 0.481 e. The highest BCUT2D eigenvalue weighted by Crippen LogP contribution is 2.26. The minimum Gasteiger partial charge on any atom is -0.481 e. The third-order valence-corrected chi connectivity index (χ3v) is 5.68. The molecule has 2 amide bonds. The Balaban J connectivity index is 1.46. The molecule has 31 heavy (non-hydrogen) atoms. The summed E-state index contributed by atoms with van der Waals surface area (Å²) >= 11 is 0. The second-order valence-corrected chi connectivity index (χ2v) is 8.42. The number of piperidine rings is 1. The first-order valence-electron chi connectivity index (χ1n) is 10.9. The van der Waals surface area contributed by atoms with Crippen LogP contribution in [0.15, 0.2) is 48.5 Å². The number of carbonyl (C=O) groups excluding carboxylic acids is 2. The molecular formula is C25H31FN2O3. The third kappa shape index (κ3) is 6.29. The van der Waals surface area contributed by atoms with Crippen molar-refractivity contribution >= 4 is 11.8 Å². The maximum Gasteiger partial charge on any atom is 0.260 e. The van der Waals surface area contributed by atoms with Crippen LogP contribution in [0.1, 0.15) is 50.7 Å². The zero-order valence-electron chi connectivity index (χ0n) is 18.4. The van der Waals surface area contributed by atoms with E-state index >= 15 is 0 Å². The molecule has 1 atom stereocenters. The van der Waals surface area contributed by atoms with Crippen molar-refractivity contribution in [3.05, 3.63) is 65.5 Å². The molecular weight excluding hydrogens is 395 g/mol. The van der Waals surface area contributed by atoms with Crippen LogP contribution in [0.25, 0.3) is 0 Å². The molecule has 0 radical (unpaired) electrons. The first-order valence-corrected chi connectivity index (χ1v) is 10.9. The van der Waals surface area contributed by atoms with Gasteiger partial charge in [-0.05, 0) is 55.0 Å². The standard InChI is InChI=1S/C25H31FN2O3/c1-17(2)22-6-4-5-7-23(22)31-18(3)25(30)27-21-12-14-28(15-13-21)24(29)16-19-8-10-20(26)11-9-19/h4-11,17-18,21H,12-16H2,1-3H3,(H,27,30). The average Bonchev–Trinajstić information content (AvgIpc) is 2.76. The lowest BCUT2D eigenvalue weighted by Crippen LogP contribution is -2.49. The summed E-state index contributed by atoms with van der Waals surface area (Å²) in [4.78, 5) is 26.9. The van der Waals surface area contributed by atoms with E-state index in [2.05, 4.69) is 19.2 Å². The second kappa shape index (κ2) is 10.4. The minimum absolute atomic E-state index is 0.0220.